The Bertz CT molecular complexity index is 363. The first kappa shape index (κ1) is 11.1. The van der Waals surface area contributed by atoms with Crippen LogP contribution in [0.1, 0.15) is 36.5 Å². The second kappa shape index (κ2) is 4.66. The SMILES string of the molecule is CC1CCCCN1C(=O)c1csc(Br)c1. The Morgan fingerprint density at radius 1 is 1.60 bits per heavy atom. The first-order valence-corrected chi connectivity index (χ1v) is 6.91. The molecule has 0 spiro atoms. The topological polar surface area (TPSA) is 20.3 Å². The summed E-state index contributed by atoms with van der Waals surface area (Å²) in [5.74, 6) is 0.184. The highest BCUT2D eigenvalue weighted by Gasteiger charge is 2.24. The maximum absolute atomic E-state index is 12.1. The number of carbonyl (C=O) groups excluding carboxylic acids is 1. The van der Waals surface area contributed by atoms with Gasteiger partial charge < -0.3 is 4.90 Å². The molecule has 15 heavy (non-hydrogen) atoms. The lowest BCUT2D eigenvalue weighted by Crippen LogP contribution is -2.41. The van der Waals surface area contributed by atoms with Crippen LogP contribution in [-0.2, 0) is 0 Å². The third-order valence-corrected chi connectivity index (χ3v) is 4.38. The van der Waals surface area contributed by atoms with Crippen LogP contribution in [0.2, 0.25) is 0 Å². The zero-order chi connectivity index (χ0) is 10.8. The average molecular weight is 288 g/mol. The summed E-state index contributed by atoms with van der Waals surface area (Å²) in [6, 6.07) is 2.30. The maximum Gasteiger partial charge on any atom is 0.254 e. The van der Waals surface area contributed by atoms with E-state index in [0.29, 0.717) is 6.04 Å². The van der Waals surface area contributed by atoms with Gasteiger partial charge in [0, 0.05) is 18.0 Å². The van der Waals surface area contributed by atoms with Crippen molar-refractivity contribution in [2.45, 2.75) is 32.2 Å². The zero-order valence-electron chi connectivity index (χ0n) is 8.70. The summed E-state index contributed by atoms with van der Waals surface area (Å²) < 4.78 is 1.02. The smallest absolute Gasteiger partial charge is 0.254 e. The third kappa shape index (κ3) is 2.42. The molecule has 0 N–H and O–H groups in total. The van der Waals surface area contributed by atoms with Crippen molar-refractivity contribution in [2.24, 2.45) is 0 Å². The molecule has 2 rings (SSSR count). The van der Waals surface area contributed by atoms with Crippen LogP contribution in [0.25, 0.3) is 0 Å². The lowest BCUT2D eigenvalue weighted by atomic mass is 10.0. The van der Waals surface area contributed by atoms with Gasteiger partial charge in [0.1, 0.15) is 0 Å². The summed E-state index contributed by atoms with van der Waals surface area (Å²) in [5.41, 5.74) is 0.820. The Labute approximate surface area is 102 Å². The van der Waals surface area contributed by atoms with Gasteiger partial charge in [0.2, 0.25) is 0 Å². The number of hydrogen-bond donors (Lipinski definition) is 0. The van der Waals surface area contributed by atoms with Crippen molar-refractivity contribution >= 4 is 33.2 Å². The lowest BCUT2D eigenvalue weighted by Gasteiger charge is -2.33. The first-order valence-electron chi connectivity index (χ1n) is 5.23. The van der Waals surface area contributed by atoms with Crippen molar-refractivity contribution in [2.75, 3.05) is 6.54 Å². The van der Waals surface area contributed by atoms with Crippen LogP contribution in [0.4, 0.5) is 0 Å². The molecule has 1 aromatic rings. The summed E-state index contributed by atoms with van der Waals surface area (Å²) in [6.45, 7) is 3.05. The standard InChI is InChI=1S/C11H14BrNOS/c1-8-4-2-3-5-13(8)11(14)9-6-10(12)15-7-9/h6-8H,2-5H2,1H3. The van der Waals surface area contributed by atoms with Crippen molar-refractivity contribution in [1.82, 2.24) is 4.90 Å². The number of likely N-dealkylation sites (tertiary alicyclic amines) is 1. The Hall–Kier alpha value is -0.350. The van der Waals surface area contributed by atoms with Gasteiger partial charge in [-0.3, -0.25) is 4.79 Å². The quantitative estimate of drug-likeness (QED) is 0.774. The molecule has 0 bridgehead atoms. The van der Waals surface area contributed by atoms with Gasteiger partial charge in [0.25, 0.3) is 5.91 Å². The fourth-order valence-electron chi connectivity index (χ4n) is 1.99. The van der Waals surface area contributed by atoms with Crippen molar-refractivity contribution in [3.63, 3.8) is 0 Å². The lowest BCUT2D eigenvalue weighted by molar-refractivity contribution is 0.0636. The van der Waals surface area contributed by atoms with Crippen LogP contribution in [0.5, 0.6) is 0 Å². The van der Waals surface area contributed by atoms with E-state index in [9.17, 15) is 4.79 Å². The van der Waals surface area contributed by atoms with E-state index >= 15 is 0 Å². The number of thiophene rings is 1. The van der Waals surface area contributed by atoms with Gasteiger partial charge >= 0.3 is 0 Å². The predicted octanol–water partition coefficient (Wildman–Crippen LogP) is 3.53. The molecule has 0 saturated carbocycles. The average Bonchev–Trinajstić information content (AvgIpc) is 2.65. The molecule has 1 saturated heterocycles. The number of rotatable bonds is 1. The second-order valence-corrected chi connectivity index (χ2v) is 6.27. The van der Waals surface area contributed by atoms with Crippen molar-refractivity contribution in [1.29, 1.82) is 0 Å². The molecular formula is C11H14BrNOS. The van der Waals surface area contributed by atoms with E-state index in [2.05, 4.69) is 22.9 Å². The van der Waals surface area contributed by atoms with Crippen molar-refractivity contribution in [3.8, 4) is 0 Å². The van der Waals surface area contributed by atoms with Crippen LogP contribution in [-0.4, -0.2) is 23.4 Å². The van der Waals surface area contributed by atoms with E-state index in [1.165, 1.54) is 6.42 Å². The molecule has 2 nitrogen and oxygen atoms in total. The van der Waals surface area contributed by atoms with E-state index in [1.54, 1.807) is 11.3 Å². The summed E-state index contributed by atoms with van der Waals surface area (Å²) in [4.78, 5) is 14.1. The number of hydrogen-bond acceptors (Lipinski definition) is 2. The molecule has 1 atom stereocenters. The molecular weight excluding hydrogens is 274 g/mol. The molecule has 1 aromatic heterocycles. The maximum atomic E-state index is 12.1. The molecule has 4 heteroatoms. The minimum absolute atomic E-state index is 0.184. The molecule has 1 aliphatic rings. The minimum atomic E-state index is 0.184. The molecule has 0 aromatic carbocycles. The van der Waals surface area contributed by atoms with Gasteiger partial charge in [0.05, 0.1) is 9.35 Å². The largest absolute Gasteiger partial charge is 0.336 e. The van der Waals surface area contributed by atoms with E-state index < -0.39 is 0 Å². The molecule has 1 amide bonds. The normalized spacial score (nSPS) is 21.7. The Morgan fingerprint density at radius 3 is 3.00 bits per heavy atom. The summed E-state index contributed by atoms with van der Waals surface area (Å²) >= 11 is 4.95. The fraction of sp³-hybridized carbons (Fsp3) is 0.545. The van der Waals surface area contributed by atoms with Gasteiger partial charge in [-0.25, -0.2) is 0 Å². The van der Waals surface area contributed by atoms with Gasteiger partial charge in [-0.2, -0.15) is 0 Å². The Kier molecular flexibility index (Phi) is 3.46. The number of nitrogens with zero attached hydrogens (tertiary/aromatic N) is 1. The van der Waals surface area contributed by atoms with E-state index in [1.807, 2.05) is 16.3 Å². The summed E-state index contributed by atoms with van der Waals surface area (Å²) in [5, 5.41) is 1.92. The molecule has 2 heterocycles. The third-order valence-electron chi connectivity index (χ3n) is 2.88. The molecule has 1 fully saturated rings. The monoisotopic (exact) mass is 287 g/mol. The zero-order valence-corrected chi connectivity index (χ0v) is 11.1. The molecule has 1 aliphatic heterocycles. The summed E-state index contributed by atoms with van der Waals surface area (Å²) in [6.07, 6.45) is 3.52. The van der Waals surface area contributed by atoms with Crippen LogP contribution >= 0.6 is 27.3 Å². The molecule has 0 radical (unpaired) electrons. The Balaban J connectivity index is 2.13. The minimum Gasteiger partial charge on any atom is -0.336 e. The summed E-state index contributed by atoms with van der Waals surface area (Å²) in [7, 11) is 0. The fourth-order valence-corrected chi connectivity index (χ4v) is 3.12. The second-order valence-electron chi connectivity index (χ2n) is 3.98. The number of carbonyl (C=O) groups is 1. The van der Waals surface area contributed by atoms with Crippen LogP contribution < -0.4 is 0 Å². The predicted molar refractivity (Wildman–Crippen MR) is 66.4 cm³/mol. The van der Waals surface area contributed by atoms with Crippen LogP contribution in [0.15, 0.2) is 15.2 Å². The van der Waals surface area contributed by atoms with Crippen molar-refractivity contribution in [3.05, 3.63) is 20.8 Å². The molecule has 1 unspecified atom stereocenters. The number of piperidine rings is 1. The van der Waals surface area contributed by atoms with E-state index in [-0.39, 0.29) is 5.91 Å². The first-order chi connectivity index (χ1) is 7.18. The van der Waals surface area contributed by atoms with E-state index in [0.717, 1.165) is 28.7 Å². The van der Waals surface area contributed by atoms with Crippen molar-refractivity contribution < 1.29 is 4.79 Å². The number of amides is 1. The molecule has 82 valence electrons. The van der Waals surface area contributed by atoms with Gasteiger partial charge in [0.15, 0.2) is 0 Å². The molecule has 0 aliphatic carbocycles. The number of halogens is 1. The van der Waals surface area contributed by atoms with Gasteiger partial charge in [-0.05, 0) is 48.2 Å². The van der Waals surface area contributed by atoms with Gasteiger partial charge in [-0.15, -0.1) is 11.3 Å². The van der Waals surface area contributed by atoms with E-state index in [4.69, 9.17) is 0 Å². The highest BCUT2D eigenvalue weighted by Crippen LogP contribution is 2.24. The highest BCUT2D eigenvalue weighted by molar-refractivity contribution is 9.11. The Morgan fingerprint density at radius 2 is 2.40 bits per heavy atom. The van der Waals surface area contributed by atoms with Crippen LogP contribution in [0, 0.1) is 0 Å². The highest BCUT2D eigenvalue weighted by atomic mass is 79.9. The van der Waals surface area contributed by atoms with Gasteiger partial charge in [-0.1, -0.05) is 0 Å². The van der Waals surface area contributed by atoms with Crippen LogP contribution in [0.3, 0.4) is 0 Å².